The average Bonchev–Trinajstić information content (AvgIpc) is 2.07. The first-order valence-corrected chi connectivity index (χ1v) is 4.07. The molecule has 5 N–H and O–H groups in total. The van der Waals surface area contributed by atoms with Crippen molar-refractivity contribution in [1.82, 2.24) is 5.32 Å². The standard InChI is InChI=1S/C9H12N4O/c1-6-4-2-3-5-7(6)12-9(14)13-8(10)11/h2-5H,1H3,(H5,10,11,12,13,14). The van der Waals surface area contributed by atoms with E-state index in [1.54, 1.807) is 6.07 Å². The smallest absolute Gasteiger partial charge is 0.325 e. The van der Waals surface area contributed by atoms with Crippen LogP contribution in [0.25, 0.3) is 0 Å². The van der Waals surface area contributed by atoms with Crippen molar-refractivity contribution in [2.45, 2.75) is 6.92 Å². The number of hydrogen-bond acceptors (Lipinski definition) is 2. The van der Waals surface area contributed by atoms with Crippen LogP contribution in [0.2, 0.25) is 0 Å². The lowest BCUT2D eigenvalue weighted by Gasteiger charge is -2.07. The van der Waals surface area contributed by atoms with Crippen LogP contribution >= 0.6 is 0 Å². The second kappa shape index (κ2) is 4.27. The van der Waals surface area contributed by atoms with E-state index in [2.05, 4.69) is 10.6 Å². The lowest BCUT2D eigenvalue weighted by molar-refractivity contribution is 0.256. The van der Waals surface area contributed by atoms with Gasteiger partial charge in [0.05, 0.1) is 0 Å². The largest absolute Gasteiger partial charge is 0.370 e. The maximum absolute atomic E-state index is 11.1. The fraction of sp³-hybridized carbons (Fsp3) is 0.111. The molecule has 0 radical (unpaired) electrons. The van der Waals surface area contributed by atoms with Crippen molar-refractivity contribution in [1.29, 1.82) is 5.41 Å². The van der Waals surface area contributed by atoms with Crippen LogP contribution in [0.1, 0.15) is 5.56 Å². The van der Waals surface area contributed by atoms with Gasteiger partial charge in [-0.3, -0.25) is 10.7 Å². The van der Waals surface area contributed by atoms with Gasteiger partial charge in [0, 0.05) is 5.69 Å². The molecule has 0 atom stereocenters. The van der Waals surface area contributed by atoms with Gasteiger partial charge in [-0.25, -0.2) is 4.79 Å². The van der Waals surface area contributed by atoms with E-state index in [-0.39, 0.29) is 5.96 Å². The third-order valence-electron chi connectivity index (χ3n) is 1.64. The zero-order valence-corrected chi connectivity index (χ0v) is 7.79. The fourth-order valence-corrected chi connectivity index (χ4v) is 0.989. The van der Waals surface area contributed by atoms with Crippen molar-refractivity contribution in [2.24, 2.45) is 5.73 Å². The van der Waals surface area contributed by atoms with Crippen molar-refractivity contribution in [2.75, 3.05) is 5.32 Å². The van der Waals surface area contributed by atoms with E-state index in [1.807, 2.05) is 25.1 Å². The molecule has 0 spiro atoms. The molecule has 1 rings (SSSR count). The molecular weight excluding hydrogens is 180 g/mol. The van der Waals surface area contributed by atoms with Gasteiger partial charge in [0.2, 0.25) is 0 Å². The number of aryl methyl sites for hydroxylation is 1. The number of carbonyl (C=O) groups is 1. The Morgan fingerprint density at radius 3 is 2.64 bits per heavy atom. The molecule has 2 amide bonds. The van der Waals surface area contributed by atoms with Crippen LogP contribution in [0.15, 0.2) is 24.3 Å². The highest BCUT2D eigenvalue weighted by Crippen LogP contribution is 2.12. The summed E-state index contributed by atoms with van der Waals surface area (Å²) in [5.41, 5.74) is 6.65. The lowest BCUT2D eigenvalue weighted by atomic mass is 10.2. The molecule has 14 heavy (non-hydrogen) atoms. The van der Waals surface area contributed by atoms with Gasteiger partial charge in [-0.15, -0.1) is 0 Å². The van der Waals surface area contributed by atoms with E-state index in [4.69, 9.17) is 11.1 Å². The SMILES string of the molecule is Cc1ccccc1NC(=O)NC(=N)N. The second-order valence-electron chi connectivity index (χ2n) is 2.81. The van der Waals surface area contributed by atoms with Crippen LogP contribution < -0.4 is 16.4 Å². The van der Waals surface area contributed by atoms with Gasteiger partial charge in [0.15, 0.2) is 5.96 Å². The van der Waals surface area contributed by atoms with Crippen LogP contribution in [0.4, 0.5) is 10.5 Å². The van der Waals surface area contributed by atoms with Crippen LogP contribution in [-0.4, -0.2) is 12.0 Å². The van der Waals surface area contributed by atoms with Crippen molar-refractivity contribution in [3.05, 3.63) is 29.8 Å². The Kier molecular flexibility index (Phi) is 3.06. The summed E-state index contributed by atoms with van der Waals surface area (Å²) in [7, 11) is 0. The lowest BCUT2D eigenvalue weighted by Crippen LogP contribution is -2.38. The molecular formula is C9H12N4O. The molecule has 0 bridgehead atoms. The summed E-state index contributed by atoms with van der Waals surface area (Å²) >= 11 is 0. The van der Waals surface area contributed by atoms with E-state index in [0.717, 1.165) is 5.56 Å². The number of amides is 2. The number of rotatable bonds is 1. The number of anilines is 1. The van der Waals surface area contributed by atoms with Gasteiger partial charge in [0.25, 0.3) is 0 Å². The number of hydrogen-bond donors (Lipinski definition) is 4. The number of guanidine groups is 1. The molecule has 5 heteroatoms. The molecule has 0 saturated carbocycles. The van der Waals surface area contributed by atoms with Crippen LogP contribution in [0.5, 0.6) is 0 Å². The minimum absolute atomic E-state index is 0.379. The molecule has 0 fully saturated rings. The summed E-state index contributed by atoms with van der Waals surface area (Å²) in [6.07, 6.45) is 0. The Morgan fingerprint density at radius 1 is 1.43 bits per heavy atom. The summed E-state index contributed by atoms with van der Waals surface area (Å²) < 4.78 is 0. The van der Waals surface area contributed by atoms with E-state index >= 15 is 0 Å². The molecule has 0 heterocycles. The van der Waals surface area contributed by atoms with Crippen molar-refractivity contribution in [3.63, 3.8) is 0 Å². The summed E-state index contributed by atoms with van der Waals surface area (Å²) in [5, 5.41) is 11.6. The third kappa shape index (κ3) is 2.78. The van der Waals surface area contributed by atoms with Gasteiger partial charge in [-0.1, -0.05) is 18.2 Å². The minimum atomic E-state index is -0.508. The zero-order valence-electron chi connectivity index (χ0n) is 7.79. The zero-order chi connectivity index (χ0) is 10.6. The third-order valence-corrected chi connectivity index (χ3v) is 1.64. The second-order valence-corrected chi connectivity index (χ2v) is 2.81. The highest BCUT2D eigenvalue weighted by molar-refractivity contribution is 6.01. The predicted octanol–water partition coefficient (Wildman–Crippen LogP) is 1.01. The van der Waals surface area contributed by atoms with Gasteiger partial charge < -0.3 is 11.1 Å². The molecule has 0 aromatic heterocycles. The Hall–Kier alpha value is -2.04. The molecule has 5 nitrogen and oxygen atoms in total. The predicted molar refractivity (Wildman–Crippen MR) is 55.2 cm³/mol. The molecule has 0 unspecified atom stereocenters. The fourth-order valence-electron chi connectivity index (χ4n) is 0.989. The van der Waals surface area contributed by atoms with Gasteiger partial charge >= 0.3 is 6.03 Å². The minimum Gasteiger partial charge on any atom is -0.370 e. The normalized spacial score (nSPS) is 9.21. The Balaban J connectivity index is 2.65. The number of benzene rings is 1. The quantitative estimate of drug-likeness (QED) is 0.395. The van der Waals surface area contributed by atoms with E-state index in [1.165, 1.54) is 0 Å². The van der Waals surface area contributed by atoms with Crippen molar-refractivity contribution < 1.29 is 4.79 Å². The Bertz CT molecular complexity index is 362. The number of carbonyl (C=O) groups excluding carboxylic acids is 1. The first kappa shape index (κ1) is 10.0. The average molecular weight is 192 g/mol. The highest BCUT2D eigenvalue weighted by Gasteiger charge is 2.03. The monoisotopic (exact) mass is 192 g/mol. The van der Waals surface area contributed by atoms with Crippen molar-refractivity contribution >= 4 is 17.7 Å². The van der Waals surface area contributed by atoms with Crippen molar-refractivity contribution in [3.8, 4) is 0 Å². The van der Waals surface area contributed by atoms with E-state index < -0.39 is 6.03 Å². The number of nitrogens with two attached hydrogens (primary N) is 1. The maximum Gasteiger partial charge on any atom is 0.325 e. The summed E-state index contributed by atoms with van der Waals surface area (Å²) in [5.74, 6) is -0.379. The Morgan fingerprint density at radius 2 is 2.07 bits per heavy atom. The van der Waals surface area contributed by atoms with Crippen LogP contribution in [0.3, 0.4) is 0 Å². The highest BCUT2D eigenvalue weighted by atomic mass is 16.2. The van der Waals surface area contributed by atoms with Gasteiger partial charge in [-0.05, 0) is 18.6 Å². The topological polar surface area (TPSA) is 91.0 Å². The number of urea groups is 1. The van der Waals surface area contributed by atoms with E-state index in [9.17, 15) is 4.79 Å². The molecule has 0 aliphatic heterocycles. The molecule has 0 saturated heterocycles. The molecule has 0 aliphatic carbocycles. The van der Waals surface area contributed by atoms with Gasteiger partial charge in [-0.2, -0.15) is 0 Å². The van der Waals surface area contributed by atoms with Crippen LogP contribution in [0, 0.1) is 12.3 Å². The molecule has 1 aromatic rings. The number of para-hydroxylation sites is 1. The maximum atomic E-state index is 11.1. The van der Waals surface area contributed by atoms with E-state index in [0.29, 0.717) is 5.69 Å². The molecule has 0 aliphatic rings. The molecule has 1 aromatic carbocycles. The first-order chi connectivity index (χ1) is 6.59. The Labute approximate surface area is 81.8 Å². The molecule has 74 valence electrons. The number of nitrogens with one attached hydrogen (secondary N) is 3. The van der Waals surface area contributed by atoms with Crippen LogP contribution in [-0.2, 0) is 0 Å². The van der Waals surface area contributed by atoms with Gasteiger partial charge in [0.1, 0.15) is 0 Å². The first-order valence-electron chi connectivity index (χ1n) is 4.07. The summed E-state index contributed by atoms with van der Waals surface area (Å²) in [4.78, 5) is 11.1. The summed E-state index contributed by atoms with van der Waals surface area (Å²) in [6, 6.07) is 6.84. The summed E-state index contributed by atoms with van der Waals surface area (Å²) in [6.45, 7) is 1.88.